The molecule has 0 radical (unpaired) electrons. The van der Waals surface area contributed by atoms with E-state index in [-0.39, 0.29) is 18.8 Å². The van der Waals surface area contributed by atoms with Crippen LogP contribution in [-0.4, -0.2) is 103 Å². The maximum Gasteiger partial charge on any atom is 0.331 e. The number of rotatable bonds is 1. The first-order chi connectivity index (χ1) is 22.3. The van der Waals surface area contributed by atoms with Crippen molar-refractivity contribution in [2.75, 3.05) is 6.61 Å². The summed E-state index contributed by atoms with van der Waals surface area (Å²) in [6, 6.07) is 0. The first kappa shape index (κ1) is 38.1. The smallest absolute Gasteiger partial charge is 0.331 e. The number of cyclic esters (lactones) is 1. The zero-order valence-corrected chi connectivity index (χ0v) is 29.8. The number of aliphatic hydroxyl groups excluding tert-OH is 6. The van der Waals surface area contributed by atoms with Crippen LogP contribution < -0.4 is 0 Å². The lowest BCUT2D eigenvalue weighted by molar-refractivity contribution is -0.226. The highest BCUT2D eigenvalue weighted by molar-refractivity contribution is 5.85. The average molecular weight is 683 g/mol. The average Bonchev–Trinajstić information content (AvgIpc) is 3.58. The van der Waals surface area contributed by atoms with Crippen molar-refractivity contribution in [2.45, 2.75) is 167 Å². The van der Waals surface area contributed by atoms with Gasteiger partial charge < -0.3 is 50.0 Å². The van der Waals surface area contributed by atoms with Crippen molar-refractivity contribution in [3.05, 3.63) is 11.6 Å². The van der Waals surface area contributed by atoms with E-state index in [1.165, 1.54) is 50.5 Å². The molecule has 276 valence electrons. The van der Waals surface area contributed by atoms with Crippen LogP contribution in [-0.2, 0) is 19.0 Å². The minimum absolute atomic E-state index is 0.0888. The fourth-order valence-corrected chi connectivity index (χ4v) is 11.1. The van der Waals surface area contributed by atoms with Crippen LogP contribution in [0, 0.1) is 39.9 Å². The maximum absolute atomic E-state index is 11.7. The highest BCUT2D eigenvalue weighted by Crippen LogP contribution is 2.73. The van der Waals surface area contributed by atoms with Crippen LogP contribution in [0.25, 0.3) is 0 Å². The van der Waals surface area contributed by atoms with Crippen LogP contribution in [0.15, 0.2) is 11.6 Å². The Hall–Kier alpha value is -1.15. The van der Waals surface area contributed by atoms with Crippen LogP contribution in [0.1, 0.15) is 112 Å². The molecule has 48 heavy (non-hydrogen) atoms. The number of hydrogen-bond donors (Lipinski definition) is 7. The van der Waals surface area contributed by atoms with Gasteiger partial charge in [-0.1, -0.05) is 20.8 Å². The van der Waals surface area contributed by atoms with Crippen LogP contribution in [0.5, 0.6) is 0 Å². The van der Waals surface area contributed by atoms with Gasteiger partial charge >= 0.3 is 5.97 Å². The van der Waals surface area contributed by atoms with E-state index < -0.39 is 54.8 Å². The van der Waals surface area contributed by atoms with E-state index in [0.717, 1.165) is 24.7 Å². The molecule has 3 aliphatic heterocycles. The Labute approximate surface area is 285 Å². The predicted octanol–water partition coefficient (Wildman–Crippen LogP) is 2.94. The number of aliphatic hydroxyl groups is 7. The molecule has 16 atom stereocenters. The zero-order valence-electron chi connectivity index (χ0n) is 29.8. The Morgan fingerprint density at radius 2 is 1.25 bits per heavy atom. The molecule has 7 N–H and O–H groups in total. The molecular formula is C37H62O11. The van der Waals surface area contributed by atoms with Crippen molar-refractivity contribution >= 4 is 5.97 Å². The lowest BCUT2D eigenvalue weighted by atomic mass is 9.38. The van der Waals surface area contributed by atoms with E-state index in [4.69, 9.17) is 44.8 Å². The van der Waals surface area contributed by atoms with Crippen LogP contribution in [0.4, 0.5) is 0 Å². The zero-order chi connectivity index (χ0) is 35.4. The van der Waals surface area contributed by atoms with Gasteiger partial charge in [0.1, 0.15) is 18.8 Å². The van der Waals surface area contributed by atoms with Gasteiger partial charge in [0.15, 0.2) is 12.6 Å². The Bertz CT molecular complexity index is 1120. The first-order valence-electron chi connectivity index (χ1n) is 18.3. The van der Waals surface area contributed by atoms with E-state index in [2.05, 4.69) is 27.7 Å². The van der Waals surface area contributed by atoms with Crippen LogP contribution in [0.2, 0.25) is 0 Å². The second kappa shape index (κ2) is 14.1. The summed E-state index contributed by atoms with van der Waals surface area (Å²) >= 11 is 0. The monoisotopic (exact) mass is 682 g/mol. The van der Waals surface area contributed by atoms with Crippen molar-refractivity contribution in [3.8, 4) is 0 Å². The molecule has 4 saturated carbocycles. The Kier molecular flexibility index (Phi) is 11.2. The van der Waals surface area contributed by atoms with E-state index in [1.54, 1.807) is 19.9 Å². The Morgan fingerprint density at radius 1 is 0.708 bits per heavy atom. The number of fused-ring (bicyclic) bond motifs is 5. The van der Waals surface area contributed by atoms with E-state index in [1.807, 2.05) is 0 Å². The Balaban J connectivity index is 0.000000184. The van der Waals surface area contributed by atoms with Gasteiger partial charge in [0.05, 0.1) is 30.0 Å². The third-order valence-corrected chi connectivity index (χ3v) is 14.3. The summed E-state index contributed by atoms with van der Waals surface area (Å²) in [5.74, 6) is 2.63. The first-order valence-corrected chi connectivity index (χ1v) is 18.3. The summed E-state index contributed by atoms with van der Waals surface area (Å²) in [7, 11) is 0. The quantitative estimate of drug-likeness (QED) is 0.202. The molecular weight excluding hydrogens is 620 g/mol. The summed E-state index contributed by atoms with van der Waals surface area (Å²) in [6.07, 6.45) is 6.52. The molecule has 11 nitrogen and oxygen atoms in total. The van der Waals surface area contributed by atoms with Crippen molar-refractivity contribution in [2.24, 2.45) is 39.9 Å². The lowest BCUT2D eigenvalue weighted by Crippen LogP contribution is -2.61. The largest absolute Gasteiger partial charge is 0.458 e. The fourth-order valence-electron chi connectivity index (χ4n) is 11.1. The summed E-state index contributed by atoms with van der Waals surface area (Å²) in [6.45, 7) is 13.5. The minimum Gasteiger partial charge on any atom is -0.458 e. The summed E-state index contributed by atoms with van der Waals surface area (Å²) in [5.41, 5.74) is 1.89. The highest BCUT2D eigenvalue weighted by Gasteiger charge is 2.66. The summed E-state index contributed by atoms with van der Waals surface area (Å²) in [5, 5.41) is 64.7. The topological polar surface area (TPSA) is 186 Å². The fraction of sp³-hybridized carbons (Fsp3) is 0.919. The van der Waals surface area contributed by atoms with Gasteiger partial charge in [-0.25, -0.2) is 4.79 Å². The minimum atomic E-state index is -0.937. The lowest BCUT2D eigenvalue weighted by Gasteiger charge is -2.67. The summed E-state index contributed by atoms with van der Waals surface area (Å²) < 4.78 is 14.9. The number of esters is 1. The molecule has 0 bridgehead atoms. The standard InChI is InChI=1S/C25H38O3.2C6H12O4/c1-22(27)9-11-24(3)17(14-22)5-6-20-19-8-7-18(16-13-21(26)28-15-16)23(19,2)10-12-25(20,24)4;2*1-3-6(9)4(7)2-5(8)10-3/h13,17-20,27H,5-12,14-15H2,1-4H3;2*3-9H,2H2,1H3/t17-,18-,19?,20?,22+,23-,24+,25?;2*3-,4+,5?,6-/m111/s1. The highest BCUT2D eigenvalue weighted by atomic mass is 16.6. The number of ether oxygens (including phenoxy) is 3. The number of carbonyl (C=O) groups excluding carboxylic acids is 1. The van der Waals surface area contributed by atoms with Gasteiger partial charge in [-0.2, -0.15) is 0 Å². The van der Waals surface area contributed by atoms with Gasteiger partial charge in [0.25, 0.3) is 0 Å². The van der Waals surface area contributed by atoms with Gasteiger partial charge in [0, 0.05) is 18.9 Å². The normalized spacial score (nSPS) is 53.0. The molecule has 0 aromatic rings. The number of hydrogen-bond acceptors (Lipinski definition) is 11. The van der Waals surface area contributed by atoms with Gasteiger partial charge in [-0.05, 0) is 124 Å². The van der Waals surface area contributed by atoms with Crippen LogP contribution in [0.3, 0.4) is 0 Å². The second-order valence-electron chi connectivity index (χ2n) is 17.2. The second-order valence-corrected chi connectivity index (χ2v) is 17.2. The van der Waals surface area contributed by atoms with Gasteiger partial charge in [0.2, 0.25) is 0 Å². The van der Waals surface area contributed by atoms with Crippen LogP contribution >= 0.6 is 0 Å². The van der Waals surface area contributed by atoms with Crippen molar-refractivity contribution < 1.29 is 54.8 Å². The molecule has 7 rings (SSSR count). The molecule has 4 aliphatic carbocycles. The predicted molar refractivity (Wildman–Crippen MR) is 176 cm³/mol. The molecule has 11 heteroatoms. The molecule has 0 aromatic carbocycles. The van der Waals surface area contributed by atoms with E-state index in [9.17, 15) is 9.90 Å². The van der Waals surface area contributed by atoms with Crippen molar-refractivity contribution in [3.63, 3.8) is 0 Å². The van der Waals surface area contributed by atoms with E-state index >= 15 is 0 Å². The van der Waals surface area contributed by atoms with Gasteiger partial charge in [-0.3, -0.25) is 0 Å². The molecule has 0 amide bonds. The van der Waals surface area contributed by atoms with Crippen molar-refractivity contribution in [1.82, 2.24) is 0 Å². The van der Waals surface area contributed by atoms with Crippen molar-refractivity contribution in [1.29, 1.82) is 0 Å². The maximum atomic E-state index is 11.7. The molecule has 6 fully saturated rings. The molecule has 7 aliphatic rings. The molecule has 3 heterocycles. The molecule has 2 saturated heterocycles. The SMILES string of the molecule is CC12CC[C@@]3(C)C(CC[C@@H]3C3=CC(=O)OC3)C1CC[C@@H]1C[C@@](C)(O)CC[C@@]12C.C[C@H]1OC(O)C[C@H](O)[C@@H]1O.C[C@H]1OC(O)C[C@H](O)[C@@H]1O. The number of carbonyl (C=O) groups is 1. The molecule has 0 spiro atoms. The summed E-state index contributed by atoms with van der Waals surface area (Å²) in [4.78, 5) is 11.7. The van der Waals surface area contributed by atoms with E-state index in [0.29, 0.717) is 34.7 Å². The third-order valence-electron chi connectivity index (χ3n) is 14.3. The third kappa shape index (κ3) is 7.15. The molecule has 0 aromatic heterocycles. The Morgan fingerprint density at radius 3 is 1.77 bits per heavy atom. The van der Waals surface area contributed by atoms with Gasteiger partial charge in [-0.15, -0.1) is 0 Å². The molecule has 5 unspecified atom stereocenters.